The van der Waals surface area contributed by atoms with Crippen molar-refractivity contribution in [2.45, 2.75) is 33.2 Å². The monoisotopic (exact) mass is 388 g/mol. The Morgan fingerprint density at radius 2 is 1.64 bits per heavy atom. The SMILES string of the molecule is CCN(CC)C(=O)CN1CCN(C(=O)CC(NC(C)=O)c2ccccc2)CC1. The molecule has 28 heavy (non-hydrogen) atoms. The summed E-state index contributed by atoms with van der Waals surface area (Å²) >= 11 is 0. The standard InChI is InChI=1S/C21H32N4O3/c1-4-24(5-2)21(28)16-23-11-13-25(14-12-23)20(27)15-19(22-17(3)26)18-9-7-6-8-10-18/h6-10,19H,4-5,11-16H2,1-3H3,(H,22,26). The van der Waals surface area contributed by atoms with Crippen molar-refractivity contribution in [1.82, 2.24) is 20.0 Å². The van der Waals surface area contributed by atoms with Gasteiger partial charge in [-0.2, -0.15) is 0 Å². The van der Waals surface area contributed by atoms with Crippen LogP contribution in [0.25, 0.3) is 0 Å². The van der Waals surface area contributed by atoms with Crippen LogP contribution in [0.15, 0.2) is 30.3 Å². The van der Waals surface area contributed by atoms with E-state index in [4.69, 9.17) is 0 Å². The molecule has 0 spiro atoms. The van der Waals surface area contributed by atoms with E-state index in [1.54, 1.807) is 0 Å². The van der Waals surface area contributed by atoms with E-state index in [0.29, 0.717) is 32.7 Å². The van der Waals surface area contributed by atoms with Gasteiger partial charge >= 0.3 is 0 Å². The largest absolute Gasteiger partial charge is 0.349 e. The summed E-state index contributed by atoms with van der Waals surface area (Å²) in [7, 11) is 0. The lowest BCUT2D eigenvalue weighted by Gasteiger charge is -2.36. The lowest BCUT2D eigenvalue weighted by molar-refractivity contribution is -0.135. The van der Waals surface area contributed by atoms with Gasteiger partial charge in [-0.05, 0) is 19.4 Å². The second-order valence-electron chi connectivity index (χ2n) is 7.09. The van der Waals surface area contributed by atoms with Crippen molar-refractivity contribution >= 4 is 17.7 Å². The Balaban J connectivity index is 1.88. The second kappa shape index (κ2) is 10.8. The first-order valence-electron chi connectivity index (χ1n) is 10.0. The molecule has 1 aromatic carbocycles. The number of amides is 3. The Hall–Kier alpha value is -2.41. The Labute approximate surface area is 167 Å². The minimum atomic E-state index is -0.325. The molecule has 1 aliphatic rings. The summed E-state index contributed by atoms with van der Waals surface area (Å²) < 4.78 is 0. The van der Waals surface area contributed by atoms with Crippen molar-refractivity contribution in [2.24, 2.45) is 0 Å². The third-order valence-electron chi connectivity index (χ3n) is 5.16. The summed E-state index contributed by atoms with van der Waals surface area (Å²) in [5.74, 6) is 0.0123. The smallest absolute Gasteiger partial charge is 0.236 e. The maximum atomic E-state index is 12.8. The third kappa shape index (κ3) is 6.34. The molecule has 0 saturated carbocycles. The Morgan fingerprint density at radius 3 is 2.18 bits per heavy atom. The summed E-state index contributed by atoms with van der Waals surface area (Å²) in [5.41, 5.74) is 0.925. The van der Waals surface area contributed by atoms with Gasteiger partial charge in [-0.25, -0.2) is 0 Å². The molecule has 1 unspecified atom stereocenters. The first-order valence-corrected chi connectivity index (χ1v) is 10.0. The molecule has 1 aliphatic heterocycles. The molecule has 0 radical (unpaired) electrons. The molecule has 1 saturated heterocycles. The molecule has 1 aromatic rings. The molecule has 7 nitrogen and oxygen atoms in total. The average Bonchev–Trinajstić information content (AvgIpc) is 2.69. The summed E-state index contributed by atoms with van der Waals surface area (Å²) in [4.78, 5) is 42.4. The number of piperazine rings is 1. The highest BCUT2D eigenvalue weighted by atomic mass is 16.2. The molecule has 2 rings (SSSR count). The van der Waals surface area contributed by atoms with E-state index < -0.39 is 0 Å². The first-order chi connectivity index (χ1) is 13.4. The van der Waals surface area contributed by atoms with Gasteiger partial charge in [0, 0.05) is 46.2 Å². The van der Waals surface area contributed by atoms with Gasteiger partial charge in [0.1, 0.15) is 0 Å². The van der Waals surface area contributed by atoms with E-state index >= 15 is 0 Å². The molecular weight excluding hydrogens is 356 g/mol. The van der Waals surface area contributed by atoms with Crippen molar-refractivity contribution < 1.29 is 14.4 Å². The van der Waals surface area contributed by atoms with E-state index in [9.17, 15) is 14.4 Å². The summed E-state index contributed by atoms with van der Waals surface area (Å²) in [6, 6.07) is 9.23. The highest BCUT2D eigenvalue weighted by Gasteiger charge is 2.26. The fraction of sp³-hybridized carbons (Fsp3) is 0.571. The Kier molecular flexibility index (Phi) is 8.44. The van der Waals surface area contributed by atoms with Crippen LogP contribution in [0.4, 0.5) is 0 Å². The quantitative estimate of drug-likeness (QED) is 0.728. The van der Waals surface area contributed by atoms with Gasteiger partial charge in [0.2, 0.25) is 17.7 Å². The van der Waals surface area contributed by atoms with Crippen molar-refractivity contribution in [3.8, 4) is 0 Å². The number of hydrogen-bond donors (Lipinski definition) is 1. The third-order valence-corrected chi connectivity index (χ3v) is 5.16. The normalized spacial score (nSPS) is 15.8. The number of rotatable bonds is 8. The van der Waals surface area contributed by atoms with Crippen LogP contribution in [0, 0.1) is 0 Å². The zero-order chi connectivity index (χ0) is 20.5. The van der Waals surface area contributed by atoms with Crippen molar-refractivity contribution in [3.05, 3.63) is 35.9 Å². The number of likely N-dealkylation sites (N-methyl/N-ethyl adjacent to an activating group) is 1. The van der Waals surface area contributed by atoms with E-state index in [0.717, 1.165) is 18.7 Å². The number of carbonyl (C=O) groups excluding carboxylic acids is 3. The van der Waals surface area contributed by atoms with Gasteiger partial charge in [-0.15, -0.1) is 0 Å². The number of nitrogens with one attached hydrogen (secondary N) is 1. The maximum Gasteiger partial charge on any atom is 0.236 e. The van der Waals surface area contributed by atoms with E-state index in [2.05, 4.69) is 10.2 Å². The van der Waals surface area contributed by atoms with Crippen LogP contribution >= 0.6 is 0 Å². The van der Waals surface area contributed by atoms with Gasteiger partial charge in [0.15, 0.2) is 0 Å². The molecule has 1 N–H and O–H groups in total. The molecular formula is C21H32N4O3. The zero-order valence-electron chi connectivity index (χ0n) is 17.2. The van der Waals surface area contributed by atoms with Crippen molar-refractivity contribution in [1.29, 1.82) is 0 Å². The molecule has 154 valence electrons. The number of benzene rings is 1. The number of carbonyl (C=O) groups is 3. The molecule has 1 atom stereocenters. The van der Waals surface area contributed by atoms with Crippen LogP contribution in [0.5, 0.6) is 0 Å². The van der Waals surface area contributed by atoms with Gasteiger partial charge in [0.05, 0.1) is 19.0 Å². The first kappa shape index (κ1) is 21.9. The average molecular weight is 389 g/mol. The predicted molar refractivity (Wildman–Crippen MR) is 109 cm³/mol. The van der Waals surface area contributed by atoms with Crippen LogP contribution in [0.3, 0.4) is 0 Å². The summed E-state index contributed by atoms with van der Waals surface area (Å²) in [5, 5.41) is 2.88. The molecule has 1 fully saturated rings. The van der Waals surface area contributed by atoms with Crippen LogP contribution in [0.2, 0.25) is 0 Å². The highest BCUT2D eigenvalue weighted by molar-refractivity contribution is 5.80. The zero-order valence-corrected chi connectivity index (χ0v) is 17.2. The minimum Gasteiger partial charge on any atom is -0.349 e. The molecule has 0 aliphatic carbocycles. The van der Waals surface area contributed by atoms with Crippen LogP contribution in [-0.2, 0) is 14.4 Å². The fourth-order valence-corrected chi connectivity index (χ4v) is 3.51. The lowest BCUT2D eigenvalue weighted by atomic mass is 10.0. The summed E-state index contributed by atoms with van der Waals surface area (Å²) in [6.07, 6.45) is 0.238. The molecule has 0 bridgehead atoms. The van der Waals surface area contributed by atoms with Gasteiger partial charge in [-0.3, -0.25) is 19.3 Å². The molecule has 1 heterocycles. The predicted octanol–water partition coefficient (Wildman–Crippen LogP) is 1.27. The van der Waals surface area contributed by atoms with E-state index in [1.165, 1.54) is 6.92 Å². The van der Waals surface area contributed by atoms with Gasteiger partial charge in [0.25, 0.3) is 0 Å². The maximum absolute atomic E-state index is 12.8. The minimum absolute atomic E-state index is 0.0253. The molecule has 0 aromatic heterocycles. The Morgan fingerprint density at radius 1 is 1.04 bits per heavy atom. The summed E-state index contributed by atoms with van der Waals surface area (Å²) in [6.45, 7) is 9.86. The van der Waals surface area contributed by atoms with Gasteiger partial charge < -0.3 is 15.1 Å². The topological polar surface area (TPSA) is 73.0 Å². The van der Waals surface area contributed by atoms with Crippen molar-refractivity contribution in [2.75, 3.05) is 45.8 Å². The van der Waals surface area contributed by atoms with E-state index in [-0.39, 0.29) is 30.2 Å². The molecule has 7 heteroatoms. The fourth-order valence-electron chi connectivity index (χ4n) is 3.51. The number of nitrogens with zero attached hydrogens (tertiary/aromatic N) is 3. The van der Waals surface area contributed by atoms with Crippen LogP contribution < -0.4 is 5.32 Å². The Bertz CT molecular complexity index is 653. The highest BCUT2D eigenvalue weighted by Crippen LogP contribution is 2.18. The molecule has 3 amide bonds. The van der Waals surface area contributed by atoms with Crippen molar-refractivity contribution in [3.63, 3.8) is 0 Å². The van der Waals surface area contributed by atoms with E-state index in [1.807, 2.05) is 54.0 Å². The number of hydrogen-bond acceptors (Lipinski definition) is 4. The second-order valence-corrected chi connectivity index (χ2v) is 7.09. The van der Waals surface area contributed by atoms with Crippen LogP contribution in [-0.4, -0.2) is 78.2 Å². The van der Waals surface area contributed by atoms with Crippen LogP contribution in [0.1, 0.15) is 38.8 Å². The van der Waals surface area contributed by atoms with Gasteiger partial charge in [-0.1, -0.05) is 30.3 Å². The lowest BCUT2D eigenvalue weighted by Crippen LogP contribution is -2.52.